The minimum absolute atomic E-state index is 0.151. The van der Waals surface area contributed by atoms with Gasteiger partial charge in [-0.1, -0.05) is 36.4 Å². The van der Waals surface area contributed by atoms with Gasteiger partial charge in [0.05, 0.1) is 5.56 Å². The molecule has 1 aromatic carbocycles. The smallest absolute Gasteiger partial charge is 0.261 e. The van der Waals surface area contributed by atoms with Crippen LogP contribution in [0.2, 0.25) is 0 Å². The van der Waals surface area contributed by atoms with E-state index in [4.69, 9.17) is 5.84 Å². The summed E-state index contributed by atoms with van der Waals surface area (Å²) in [6, 6.07) is 9.73. The molecule has 0 aliphatic carbocycles. The third-order valence-electron chi connectivity index (χ3n) is 3.34. The molecule has 0 aliphatic rings. The Balaban J connectivity index is 2.16. The molecule has 6 heteroatoms. The van der Waals surface area contributed by atoms with Crippen LogP contribution in [0.5, 0.6) is 0 Å². The molecule has 0 radical (unpaired) electrons. The number of nitrogens with zero attached hydrogens (tertiary/aromatic N) is 2. The van der Waals surface area contributed by atoms with Crippen LogP contribution in [0.4, 0.5) is 0 Å². The highest BCUT2D eigenvalue weighted by molar-refractivity contribution is 8.21. The highest BCUT2D eigenvalue weighted by Crippen LogP contribution is 2.28. The van der Waals surface area contributed by atoms with Crippen LogP contribution in [-0.2, 0) is 0 Å². The molecule has 23 heavy (non-hydrogen) atoms. The van der Waals surface area contributed by atoms with E-state index in [9.17, 15) is 4.79 Å². The number of carbonyl (C=O) groups excluding carboxylic acids is 1. The molecule has 0 spiro atoms. The van der Waals surface area contributed by atoms with E-state index in [1.165, 1.54) is 22.2 Å². The maximum atomic E-state index is 12.5. The van der Waals surface area contributed by atoms with Crippen LogP contribution in [0.3, 0.4) is 0 Å². The fourth-order valence-electron chi connectivity index (χ4n) is 2.04. The third-order valence-corrected chi connectivity index (χ3v) is 4.33. The molecule has 0 saturated carbocycles. The molecule has 0 unspecified atom stereocenters. The first kappa shape index (κ1) is 16.9. The number of hydrogen-bond acceptors (Lipinski definition) is 4. The first-order chi connectivity index (χ1) is 11.1. The standard InChI is InChI=1S/C17H20N4OS/c1-4-21(16(22)15-9-10-19-11-15)17(20-18)23-13(3)14-7-5-12(2)6-8-14/h5-11,19H,3-4,18H2,1-2H3/b20-17-. The van der Waals surface area contributed by atoms with E-state index in [2.05, 4.69) is 16.7 Å². The number of amides is 1. The van der Waals surface area contributed by atoms with E-state index >= 15 is 0 Å². The van der Waals surface area contributed by atoms with Crippen molar-refractivity contribution in [2.45, 2.75) is 13.8 Å². The Kier molecular flexibility index (Phi) is 5.65. The highest BCUT2D eigenvalue weighted by Gasteiger charge is 2.21. The number of benzene rings is 1. The van der Waals surface area contributed by atoms with Gasteiger partial charge < -0.3 is 10.8 Å². The number of aryl methyl sites for hydroxylation is 1. The molecule has 0 bridgehead atoms. The van der Waals surface area contributed by atoms with Gasteiger partial charge in [-0.05, 0) is 37.2 Å². The van der Waals surface area contributed by atoms with Crippen LogP contribution in [0.15, 0.2) is 54.4 Å². The second-order valence-corrected chi connectivity index (χ2v) is 6.01. The molecule has 0 saturated heterocycles. The molecule has 120 valence electrons. The van der Waals surface area contributed by atoms with Crippen LogP contribution >= 0.6 is 11.8 Å². The largest absolute Gasteiger partial charge is 0.367 e. The minimum Gasteiger partial charge on any atom is -0.367 e. The SMILES string of the molecule is C=C(S/C(=N\N)N(CC)C(=O)c1cc[nH]c1)c1ccc(C)cc1. The monoisotopic (exact) mass is 328 g/mol. The summed E-state index contributed by atoms with van der Waals surface area (Å²) in [6.07, 6.45) is 3.36. The van der Waals surface area contributed by atoms with Gasteiger partial charge in [0.1, 0.15) is 0 Å². The fourth-order valence-corrected chi connectivity index (χ4v) is 2.89. The highest BCUT2D eigenvalue weighted by atomic mass is 32.2. The Hall–Kier alpha value is -2.47. The Bertz CT molecular complexity index is 705. The van der Waals surface area contributed by atoms with Crippen molar-refractivity contribution in [3.05, 3.63) is 66.0 Å². The van der Waals surface area contributed by atoms with Gasteiger partial charge in [-0.15, -0.1) is 0 Å². The molecule has 0 aliphatic heterocycles. The van der Waals surface area contributed by atoms with Crippen LogP contribution in [0.25, 0.3) is 4.91 Å². The predicted molar refractivity (Wildman–Crippen MR) is 96.9 cm³/mol. The van der Waals surface area contributed by atoms with Gasteiger partial charge >= 0.3 is 0 Å². The van der Waals surface area contributed by atoms with Crippen molar-refractivity contribution < 1.29 is 4.79 Å². The molecule has 5 nitrogen and oxygen atoms in total. The summed E-state index contributed by atoms with van der Waals surface area (Å²) in [5.41, 5.74) is 2.72. The quantitative estimate of drug-likeness (QED) is 0.391. The number of aromatic amines is 1. The van der Waals surface area contributed by atoms with E-state index in [-0.39, 0.29) is 5.91 Å². The molecular formula is C17H20N4OS. The first-order valence-electron chi connectivity index (χ1n) is 7.23. The molecule has 0 fully saturated rings. The van der Waals surface area contributed by atoms with Crippen LogP contribution < -0.4 is 5.84 Å². The average Bonchev–Trinajstić information content (AvgIpc) is 3.09. The molecule has 1 aromatic heterocycles. The number of H-pyrrole nitrogens is 1. The summed E-state index contributed by atoms with van der Waals surface area (Å²) in [4.78, 5) is 17.7. The van der Waals surface area contributed by atoms with Crippen molar-refractivity contribution in [1.82, 2.24) is 9.88 Å². The van der Waals surface area contributed by atoms with Crippen molar-refractivity contribution in [1.29, 1.82) is 0 Å². The first-order valence-corrected chi connectivity index (χ1v) is 8.04. The summed E-state index contributed by atoms with van der Waals surface area (Å²) in [5.74, 6) is 5.36. The number of amidine groups is 1. The lowest BCUT2D eigenvalue weighted by atomic mass is 10.1. The van der Waals surface area contributed by atoms with E-state index in [0.29, 0.717) is 17.3 Å². The number of aromatic nitrogens is 1. The van der Waals surface area contributed by atoms with E-state index in [0.717, 1.165) is 10.5 Å². The average molecular weight is 328 g/mol. The van der Waals surface area contributed by atoms with Gasteiger partial charge in [0, 0.05) is 23.8 Å². The molecule has 2 aromatic rings. The van der Waals surface area contributed by atoms with E-state index in [1.807, 2.05) is 38.1 Å². The summed E-state index contributed by atoms with van der Waals surface area (Å²) in [6.45, 7) is 8.44. The van der Waals surface area contributed by atoms with Gasteiger partial charge in [-0.2, -0.15) is 5.10 Å². The van der Waals surface area contributed by atoms with E-state index < -0.39 is 0 Å². The van der Waals surface area contributed by atoms with Crippen molar-refractivity contribution >= 4 is 27.7 Å². The lowest BCUT2D eigenvalue weighted by Crippen LogP contribution is -2.35. The van der Waals surface area contributed by atoms with Crippen LogP contribution in [0, 0.1) is 6.92 Å². The van der Waals surface area contributed by atoms with Crippen molar-refractivity contribution in [2.24, 2.45) is 10.9 Å². The predicted octanol–water partition coefficient (Wildman–Crippen LogP) is 3.42. The molecule has 2 rings (SSSR count). The lowest BCUT2D eigenvalue weighted by Gasteiger charge is -2.21. The Morgan fingerprint density at radius 3 is 2.52 bits per heavy atom. The third kappa shape index (κ3) is 4.04. The number of hydrogen-bond donors (Lipinski definition) is 2. The minimum atomic E-state index is -0.151. The van der Waals surface area contributed by atoms with Gasteiger partial charge in [0.2, 0.25) is 0 Å². The Morgan fingerprint density at radius 2 is 2.00 bits per heavy atom. The number of nitrogens with one attached hydrogen (secondary N) is 1. The van der Waals surface area contributed by atoms with Crippen LogP contribution in [-0.4, -0.2) is 27.5 Å². The lowest BCUT2D eigenvalue weighted by molar-refractivity contribution is 0.0855. The van der Waals surface area contributed by atoms with Gasteiger partial charge in [-0.3, -0.25) is 9.69 Å². The van der Waals surface area contributed by atoms with Crippen molar-refractivity contribution in [3.63, 3.8) is 0 Å². The molecule has 3 N–H and O–H groups in total. The topological polar surface area (TPSA) is 74.5 Å². The zero-order valence-electron chi connectivity index (χ0n) is 13.2. The number of thioether (sulfide) groups is 1. The van der Waals surface area contributed by atoms with E-state index in [1.54, 1.807) is 18.5 Å². The zero-order valence-corrected chi connectivity index (χ0v) is 14.1. The normalized spacial score (nSPS) is 11.3. The fraction of sp³-hybridized carbons (Fsp3) is 0.176. The Morgan fingerprint density at radius 1 is 1.30 bits per heavy atom. The zero-order chi connectivity index (χ0) is 16.8. The molecule has 1 heterocycles. The number of carbonyl (C=O) groups is 1. The summed E-state index contributed by atoms with van der Waals surface area (Å²) in [7, 11) is 0. The summed E-state index contributed by atoms with van der Waals surface area (Å²) in [5, 5.41) is 4.21. The Labute approximate surface area is 140 Å². The molecular weight excluding hydrogens is 308 g/mol. The second kappa shape index (κ2) is 7.69. The maximum absolute atomic E-state index is 12.5. The van der Waals surface area contributed by atoms with Gasteiger partial charge in [-0.25, -0.2) is 0 Å². The molecule has 0 atom stereocenters. The van der Waals surface area contributed by atoms with Gasteiger partial charge in [0.25, 0.3) is 5.91 Å². The van der Waals surface area contributed by atoms with Crippen LogP contribution in [0.1, 0.15) is 28.4 Å². The molecule has 1 amide bonds. The number of hydrazone groups is 1. The number of rotatable bonds is 4. The van der Waals surface area contributed by atoms with Gasteiger partial charge in [0.15, 0.2) is 5.17 Å². The maximum Gasteiger partial charge on any atom is 0.261 e. The summed E-state index contributed by atoms with van der Waals surface area (Å²) >= 11 is 1.29. The number of nitrogens with two attached hydrogens (primary N) is 1. The van der Waals surface area contributed by atoms with Crippen molar-refractivity contribution in [2.75, 3.05) is 6.54 Å². The second-order valence-electron chi connectivity index (χ2n) is 4.95. The van der Waals surface area contributed by atoms with Crippen molar-refractivity contribution in [3.8, 4) is 0 Å². The summed E-state index contributed by atoms with van der Waals surface area (Å²) < 4.78 is 0.